The molecule has 2 heterocycles. The number of nitro benzene ring substituents is 1. The average Bonchev–Trinajstić information content (AvgIpc) is 3.15. The number of carbonyl (C=O) groups excluding carboxylic acids is 2. The lowest BCUT2D eigenvalue weighted by molar-refractivity contribution is -0.384. The van der Waals surface area contributed by atoms with E-state index in [2.05, 4.69) is 27.5 Å². The van der Waals surface area contributed by atoms with Crippen LogP contribution in [0, 0.1) is 10.1 Å². The van der Waals surface area contributed by atoms with Crippen molar-refractivity contribution in [1.82, 2.24) is 19.7 Å². The molecule has 1 aliphatic heterocycles. The first-order valence-electron chi connectivity index (χ1n) is 9.72. The van der Waals surface area contributed by atoms with E-state index in [1.165, 1.54) is 24.3 Å². The molecule has 1 aliphatic rings. The first-order valence-corrected chi connectivity index (χ1v) is 9.72. The highest BCUT2D eigenvalue weighted by molar-refractivity contribution is 6.39. The maximum absolute atomic E-state index is 12.4. The summed E-state index contributed by atoms with van der Waals surface area (Å²) in [6.07, 6.45) is 1.95. The van der Waals surface area contributed by atoms with Gasteiger partial charge >= 0.3 is 11.8 Å². The molecule has 2 amide bonds. The third kappa shape index (κ3) is 5.22. The molecule has 0 spiro atoms. The SMILES string of the molecule is CN1CCN(C(CNC(=O)C(=O)Nc2cccc([N+](=O)[O-])c2)c2cccn2C)CC1. The third-order valence-electron chi connectivity index (χ3n) is 5.28. The molecule has 0 aliphatic carbocycles. The fourth-order valence-electron chi connectivity index (χ4n) is 3.53. The number of non-ortho nitro benzene ring substituents is 1. The van der Waals surface area contributed by atoms with Gasteiger partial charge in [-0.2, -0.15) is 0 Å². The molecular formula is C20H26N6O4. The van der Waals surface area contributed by atoms with E-state index in [0.29, 0.717) is 0 Å². The smallest absolute Gasteiger partial charge is 0.313 e. The lowest BCUT2D eigenvalue weighted by Crippen LogP contribution is -2.49. The quantitative estimate of drug-likeness (QED) is 0.414. The summed E-state index contributed by atoms with van der Waals surface area (Å²) >= 11 is 0. The van der Waals surface area contributed by atoms with E-state index in [9.17, 15) is 19.7 Å². The molecule has 30 heavy (non-hydrogen) atoms. The zero-order valence-electron chi connectivity index (χ0n) is 17.1. The van der Waals surface area contributed by atoms with Crippen LogP contribution in [0.1, 0.15) is 11.7 Å². The van der Waals surface area contributed by atoms with Crippen LogP contribution in [0.4, 0.5) is 11.4 Å². The van der Waals surface area contributed by atoms with Gasteiger partial charge in [0.25, 0.3) is 5.69 Å². The Balaban J connectivity index is 1.63. The predicted molar refractivity (Wildman–Crippen MR) is 112 cm³/mol. The number of likely N-dealkylation sites (N-methyl/N-ethyl adjacent to an activating group) is 1. The average molecular weight is 414 g/mol. The van der Waals surface area contributed by atoms with Gasteiger partial charge in [0.15, 0.2) is 0 Å². The van der Waals surface area contributed by atoms with Crippen LogP contribution in [0.2, 0.25) is 0 Å². The minimum atomic E-state index is -0.862. The van der Waals surface area contributed by atoms with Crippen LogP contribution in [0.15, 0.2) is 42.6 Å². The maximum atomic E-state index is 12.4. The van der Waals surface area contributed by atoms with Gasteiger partial charge in [-0.05, 0) is 25.2 Å². The van der Waals surface area contributed by atoms with E-state index in [4.69, 9.17) is 0 Å². The highest BCUT2D eigenvalue weighted by Gasteiger charge is 2.27. The zero-order valence-corrected chi connectivity index (χ0v) is 17.1. The molecule has 1 fully saturated rings. The number of aromatic nitrogens is 1. The topological polar surface area (TPSA) is 113 Å². The first kappa shape index (κ1) is 21.5. The van der Waals surface area contributed by atoms with Crippen molar-refractivity contribution in [3.05, 3.63) is 58.4 Å². The number of piperazine rings is 1. The van der Waals surface area contributed by atoms with Gasteiger partial charge in [0.05, 0.1) is 11.0 Å². The molecule has 1 aromatic heterocycles. The number of rotatable bonds is 6. The van der Waals surface area contributed by atoms with Crippen molar-refractivity contribution in [3.63, 3.8) is 0 Å². The van der Waals surface area contributed by atoms with Gasteiger partial charge in [-0.15, -0.1) is 0 Å². The lowest BCUT2D eigenvalue weighted by atomic mass is 10.1. The molecule has 160 valence electrons. The molecule has 2 aromatic rings. The molecule has 1 atom stereocenters. The Morgan fingerprint density at radius 1 is 1.10 bits per heavy atom. The Labute approximate surface area is 174 Å². The van der Waals surface area contributed by atoms with Gasteiger partial charge in [-0.1, -0.05) is 6.07 Å². The summed E-state index contributed by atoms with van der Waals surface area (Å²) < 4.78 is 2.01. The number of hydrogen-bond acceptors (Lipinski definition) is 6. The van der Waals surface area contributed by atoms with E-state index >= 15 is 0 Å². The molecule has 1 aromatic carbocycles. The number of nitro groups is 1. The minimum absolute atomic E-state index is 0.0618. The fourth-order valence-corrected chi connectivity index (χ4v) is 3.53. The highest BCUT2D eigenvalue weighted by Crippen LogP contribution is 2.22. The van der Waals surface area contributed by atoms with Gasteiger partial charge in [-0.3, -0.25) is 24.6 Å². The van der Waals surface area contributed by atoms with Crippen LogP contribution in [-0.2, 0) is 16.6 Å². The van der Waals surface area contributed by atoms with Crippen LogP contribution in [0.25, 0.3) is 0 Å². The second-order valence-corrected chi connectivity index (χ2v) is 7.37. The predicted octanol–water partition coefficient (Wildman–Crippen LogP) is 0.977. The van der Waals surface area contributed by atoms with E-state index in [0.717, 1.165) is 31.9 Å². The van der Waals surface area contributed by atoms with Crippen molar-refractivity contribution in [2.24, 2.45) is 7.05 Å². The van der Waals surface area contributed by atoms with Crippen LogP contribution in [0.5, 0.6) is 0 Å². The number of carbonyl (C=O) groups is 2. The minimum Gasteiger partial charge on any atom is -0.353 e. The van der Waals surface area contributed by atoms with Gasteiger partial charge < -0.3 is 20.1 Å². The van der Waals surface area contributed by atoms with Crippen molar-refractivity contribution in [3.8, 4) is 0 Å². The van der Waals surface area contributed by atoms with Crippen molar-refractivity contribution in [1.29, 1.82) is 0 Å². The normalized spacial score (nSPS) is 16.1. The number of anilines is 1. The van der Waals surface area contributed by atoms with Gasteiger partial charge in [-0.25, -0.2) is 0 Å². The molecule has 10 nitrogen and oxygen atoms in total. The number of nitrogens with zero attached hydrogens (tertiary/aromatic N) is 4. The summed E-state index contributed by atoms with van der Waals surface area (Å²) in [7, 11) is 4.03. The summed E-state index contributed by atoms with van der Waals surface area (Å²) in [5.41, 5.74) is 1.09. The van der Waals surface area contributed by atoms with Crippen molar-refractivity contribution in [2.45, 2.75) is 6.04 Å². The number of hydrogen-bond donors (Lipinski definition) is 2. The summed E-state index contributed by atoms with van der Waals surface area (Å²) in [6.45, 7) is 3.87. The highest BCUT2D eigenvalue weighted by atomic mass is 16.6. The molecule has 1 unspecified atom stereocenters. The van der Waals surface area contributed by atoms with Crippen LogP contribution >= 0.6 is 0 Å². The molecule has 2 N–H and O–H groups in total. The van der Waals surface area contributed by atoms with E-state index in [1.54, 1.807) is 0 Å². The molecule has 0 bridgehead atoms. The van der Waals surface area contributed by atoms with Crippen LogP contribution in [-0.4, -0.2) is 70.9 Å². The summed E-state index contributed by atoms with van der Waals surface area (Å²) in [6, 6.07) is 9.37. The monoisotopic (exact) mass is 414 g/mol. The Hall–Kier alpha value is -3.24. The van der Waals surface area contributed by atoms with Crippen molar-refractivity contribution < 1.29 is 14.5 Å². The summed E-state index contributed by atoms with van der Waals surface area (Å²) in [5.74, 6) is -1.64. The summed E-state index contributed by atoms with van der Waals surface area (Å²) in [4.78, 5) is 39.5. The zero-order chi connectivity index (χ0) is 21.7. The number of nitrogens with one attached hydrogen (secondary N) is 2. The number of aryl methyl sites for hydroxylation is 1. The summed E-state index contributed by atoms with van der Waals surface area (Å²) in [5, 5.41) is 16.0. The lowest BCUT2D eigenvalue weighted by Gasteiger charge is -2.38. The molecule has 3 rings (SSSR count). The van der Waals surface area contributed by atoms with Crippen molar-refractivity contribution in [2.75, 3.05) is 45.1 Å². The fraction of sp³-hybridized carbons (Fsp3) is 0.400. The Bertz CT molecular complexity index is 920. The maximum Gasteiger partial charge on any atom is 0.313 e. The first-order chi connectivity index (χ1) is 14.3. The second kappa shape index (κ2) is 9.51. The second-order valence-electron chi connectivity index (χ2n) is 7.37. The molecule has 0 radical (unpaired) electrons. The molecule has 0 saturated carbocycles. The molecular weight excluding hydrogens is 388 g/mol. The van der Waals surface area contributed by atoms with E-state index in [1.807, 2.05) is 29.9 Å². The Morgan fingerprint density at radius 2 is 1.83 bits per heavy atom. The largest absolute Gasteiger partial charge is 0.353 e. The number of amides is 2. The standard InChI is InChI=1S/C20H26N6O4/c1-23-9-11-25(12-10-23)18(17-7-4-8-24(17)2)14-21-19(27)20(28)22-15-5-3-6-16(13-15)26(29)30/h3-8,13,18H,9-12,14H2,1-2H3,(H,21,27)(H,22,28). The van der Waals surface area contributed by atoms with Gasteiger partial charge in [0.2, 0.25) is 0 Å². The number of benzene rings is 1. The third-order valence-corrected chi connectivity index (χ3v) is 5.28. The van der Waals surface area contributed by atoms with E-state index in [-0.39, 0.29) is 24.0 Å². The van der Waals surface area contributed by atoms with Crippen LogP contribution in [0.3, 0.4) is 0 Å². The van der Waals surface area contributed by atoms with E-state index < -0.39 is 16.7 Å². The van der Waals surface area contributed by atoms with Gasteiger partial charge in [0.1, 0.15) is 0 Å². The van der Waals surface area contributed by atoms with Gasteiger partial charge in [0, 0.05) is 69.5 Å². The van der Waals surface area contributed by atoms with Crippen LogP contribution < -0.4 is 10.6 Å². The Morgan fingerprint density at radius 3 is 2.47 bits per heavy atom. The van der Waals surface area contributed by atoms with Crippen molar-refractivity contribution >= 4 is 23.2 Å². The molecule has 10 heteroatoms. The molecule has 1 saturated heterocycles. The Kier molecular flexibility index (Phi) is 6.80.